The van der Waals surface area contributed by atoms with Crippen molar-refractivity contribution in [2.75, 3.05) is 31.6 Å². The molecule has 0 aliphatic heterocycles. The van der Waals surface area contributed by atoms with Gasteiger partial charge in [-0.25, -0.2) is 24.1 Å². The van der Waals surface area contributed by atoms with Crippen LogP contribution in [0.25, 0.3) is 36.9 Å². The number of nitrogens with one attached hydrogen (secondary N) is 1. The highest BCUT2D eigenvalue weighted by atomic mass is 19.1. The number of benzene rings is 3. The first kappa shape index (κ1) is 59.5. The van der Waals surface area contributed by atoms with E-state index >= 15 is 0 Å². The van der Waals surface area contributed by atoms with Crippen LogP contribution >= 0.6 is 0 Å². The molecular formula is C50H59FN6O12. The van der Waals surface area contributed by atoms with Crippen LogP contribution in [-0.2, 0) is 25.7 Å². The fourth-order valence-electron chi connectivity index (χ4n) is 6.43. The summed E-state index contributed by atoms with van der Waals surface area (Å²) in [7, 11) is 0. The van der Waals surface area contributed by atoms with Crippen molar-refractivity contribution < 1.29 is 64.1 Å². The minimum absolute atomic E-state index is 0.00410. The van der Waals surface area contributed by atoms with Gasteiger partial charge in [0.2, 0.25) is 19.6 Å². The van der Waals surface area contributed by atoms with Gasteiger partial charge in [-0.3, -0.25) is 19.2 Å². The van der Waals surface area contributed by atoms with Gasteiger partial charge in [-0.05, 0) is 73.2 Å². The molecule has 0 radical (unpaired) electrons. The minimum Gasteiger partial charge on any atom is -0.481 e. The number of aliphatic hydroxyl groups excluding tert-OH is 5. The maximum Gasteiger partial charge on any atom is 0.308 e. The number of carbonyl (C=O) groups is 4. The summed E-state index contributed by atoms with van der Waals surface area (Å²) in [6, 6.07) is 26.7. The quantitative estimate of drug-likeness (QED) is 0.0330. The van der Waals surface area contributed by atoms with Crippen LogP contribution in [0.4, 0.5) is 10.1 Å². The molecule has 5 atom stereocenters. The molecule has 0 aliphatic carbocycles. The number of hydrogen-bond donors (Lipinski definition) is 8. The summed E-state index contributed by atoms with van der Waals surface area (Å²) < 4.78 is 21.0. The lowest BCUT2D eigenvalue weighted by Gasteiger charge is -2.20. The first-order valence-electron chi connectivity index (χ1n) is 21.6. The molecule has 0 saturated carbocycles. The van der Waals surface area contributed by atoms with Crippen molar-refractivity contribution in [3.8, 4) is 28.5 Å². The lowest BCUT2D eigenvalue weighted by molar-refractivity contribution is -0.146. The van der Waals surface area contributed by atoms with E-state index in [2.05, 4.69) is 19.9 Å². The molecule has 4 rings (SSSR count). The van der Waals surface area contributed by atoms with Gasteiger partial charge in [-0.15, -0.1) is 0 Å². The smallest absolute Gasteiger partial charge is 0.308 e. The fourth-order valence-corrected chi connectivity index (χ4v) is 6.43. The van der Waals surface area contributed by atoms with Crippen LogP contribution in [0, 0.1) is 36.9 Å². The maximum atomic E-state index is 14.1. The normalized spacial score (nSPS) is 12.3. The number of nitriles is 1. The number of carbonyl (C=O) groups excluding carboxylic acids is 2. The molecule has 18 nitrogen and oxygen atoms in total. The fraction of sp³-hybridized carbons (Fsp3) is 0.400. The molecule has 1 amide bonds. The van der Waals surface area contributed by atoms with E-state index in [-0.39, 0.29) is 82.4 Å². The van der Waals surface area contributed by atoms with Crippen molar-refractivity contribution in [3.63, 3.8) is 0 Å². The van der Waals surface area contributed by atoms with Crippen molar-refractivity contribution in [2.45, 2.75) is 102 Å². The summed E-state index contributed by atoms with van der Waals surface area (Å²) in [4.78, 5) is 54.1. The number of rotatable bonds is 21. The van der Waals surface area contributed by atoms with Crippen LogP contribution in [0.2, 0.25) is 0 Å². The number of carboxylic acid groups (broad SMARTS) is 2. The average molecular weight is 955 g/mol. The van der Waals surface area contributed by atoms with E-state index in [4.69, 9.17) is 55.2 Å². The molecule has 0 saturated heterocycles. The van der Waals surface area contributed by atoms with Gasteiger partial charge in [-0.1, -0.05) is 62.4 Å². The van der Waals surface area contributed by atoms with Crippen LogP contribution in [0.3, 0.4) is 0 Å². The molecule has 0 spiro atoms. The van der Waals surface area contributed by atoms with Crippen molar-refractivity contribution in [1.29, 1.82) is 5.26 Å². The number of aliphatic carboxylic acids is 2. The second kappa shape index (κ2) is 33.1. The molecule has 1 heterocycles. The molecule has 0 aliphatic rings. The number of amides is 1. The Morgan fingerprint density at radius 2 is 1.23 bits per heavy atom. The van der Waals surface area contributed by atoms with Crippen LogP contribution in [-0.4, -0.2) is 121 Å². The largest absolute Gasteiger partial charge is 0.481 e. The van der Waals surface area contributed by atoms with E-state index in [1.165, 1.54) is 12.1 Å². The Labute approximate surface area is 400 Å². The number of esters is 1. The number of hydrogen-bond acceptors (Lipinski definition) is 11. The summed E-state index contributed by atoms with van der Waals surface area (Å²) in [5, 5.41) is 74.2. The van der Waals surface area contributed by atoms with Gasteiger partial charge < -0.3 is 64.9 Å². The van der Waals surface area contributed by atoms with Gasteiger partial charge in [0, 0.05) is 23.5 Å². The Kier molecular flexibility index (Phi) is 28.5. The predicted octanol–water partition coefficient (Wildman–Crippen LogP) is 6.45. The van der Waals surface area contributed by atoms with Gasteiger partial charge in [0.15, 0.2) is 0 Å². The lowest BCUT2D eigenvalue weighted by Crippen LogP contribution is -2.23. The highest BCUT2D eigenvalue weighted by Gasteiger charge is 2.31. The molecule has 69 heavy (non-hydrogen) atoms. The lowest BCUT2D eigenvalue weighted by atomic mass is 9.94. The molecule has 3 aromatic carbocycles. The van der Waals surface area contributed by atoms with E-state index in [1.807, 2.05) is 79.1 Å². The number of para-hydroxylation sites is 1. The van der Waals surface area contributed by atoms with Gasteiger partial charge in [0.1, 0.15) is 24.1 Å². The third-order valence-electron chi connectivity index (χ3n) is 9.28. The predicted molar refractivity (Wildman–Crippen MR) is 253 cm³/mol. The highest BCUT2D eigenvalue weighted by molar-refractivity contribution is 6.12. The zero-order valence-electron chi connectivity index (χ0n) is 38.6. The first-order chi connectivity index (χ1) is 32.8. The number of halogens is 1. The topological polar surface area (TPSA) is 273 Å². The molecular weight excluding hydrogens is 896 g/mol. The molecule has 4 aromatic rings. The van der Waals surface area contributed by atoms with Gasteiger partial charge >= 0.3 is 17.9 Å². The minimum atomic E-state index is -1.08. The van der Waals surface area contributed by atoms with Crippen molar-refractivity contribution in [2.24, 2.45) is 0 Å². The molecule has 19 heteroatoms. The number of aliphatic hydroxyl groups is 5. The number of ether oxygens (including phenoxy) is 1. The zero-order chi connectivity index (χ0) is 51.9. The number of nitrogens with zero attached hydrogens (tertiary/aromatic N) is 5. The summed E-state index contributed by atoms with van der Waals surface area (Å²) in [5.41, 5.74) is 4.91. The Hall–Kier alpha value is -7.49. The zero-order valence-corrected chi connectivity index (χ0v) is 38.6. The third-order valence-corrected chi connectivity index (χ3v) is 9.28. The third kappa shape index (κ3) is 23.2. The van der Waals surface area contributed by atoms with Crippen molar-refractivity contribution in [3.05, 3.63) is 136 Å². The van der Waals surface area contributed by atoms with Crippen LogP contribution in [0.5, 0.6) is 0 Å². The van der Waals surface area contributed by atoms with E-state index in [9.17, 15) is 33.8 Å². The van der Waals surface area contributed by atoms with Crippen LogP contribution in [0.1, 0.15) is 81.3 Å². The number of carboxylic acids is 2. The average Bonchev–Trinajstić information content (AvgIpc) is 3.63. The second-order valence-electron chi connectivity index (χ2n) is 15.4. The molecule has 0 bridgehead atoms. The van der Waals surface area contributed by atoms with Gasteiger partial charge in [-0.2, -0.15) is 5.26 Å². The summed E-state index contributed by atoms with van der Waals surface area (Å²) in [6.07, 6.45) is -5.34. The van der Waals surface area contributed by atoms with E-state index in [0.717, 1.165) is 22.5 Å². The van der Waals surface area contributed by atoms with Crippen LogP contribution in [0.15, 0.2) is 84.9 Å². The summed E-state index contributed by atoms with van der Waals surface area (Å²) in [5.74, 6) is -3.42. The Morgan fingerprint density at radius 1 is 0.725 bits per heavy atom. The Balaban J connectivity index is 0.000000742. The second-order valence-corrected chi connectivity index (χ2v) is 15.4. The monoisotopic (exact) mass is 954 g/mol. The molecule has 0 fully saturated rings. The van der Waals surface area contributed by atoms with E-state index in [0.29, 0.717) is 23.4 Å². The standard InChI is InChI=1S/C35H39FN2O5.C5H6N2O.2C5H7NO3/c1-4-43-30(41)22-29(40)21-28(39)19-20-38-33(23(2)3)32(35(42)37-27-13-9-6-10-14-27)31(24-11-7-5-8-12-24)34(38)25-15-17-26(36)18-16-25;1-7-4-5(8)2-3-6;2*1-6-3-4(7)2-5(8)9/h5-18,23,28-29,39-40H,4,19-22H2,1-3H3,(H,37,42);5,8H,2,4H2;2*4,7H,2-3H2,(H,8,9)/t28-,29-;;2*4-/m1.10/s1. The van der Waals surface area contributed by atoms with E-state index < -0.39 is 48.4 Å². The van der Waals surface area contributed by atoms with Gasteiger partial charge in [0.25, 0.3) is 5.91 Å². The van der Waals surface area contributed by atoms with Crippen molar-refractivity contribution >= 4 is 29.5 Å². The van der Waals surface area contributed by atoms with Gasteiger partial charge in [0.05, 0.1) is 61.8 Å². The number of anilines is 1. The highest BCUT2D eigenvalue weighted by Crippen LogP contribution is 2.42. The maximum absolute atomic E-state index is 14.1. The Bertz CT molecular complexity index is 2320. The molecule has 368 valence electrons. The van der Waals surface area contributed by atoms with E-state index in [1.54, 1.807) is 25.1 Å². The summed E-state index contributed by atoms with van der Waals surface area (Å²) in [6.45, 7) is 24.8. The first-order valence-corrected chi connectivity index (χ1v) is 21.6. The van der Waals surface area contributed by atoms with Crippen LogP contribution < -0.4 is 5.32 Å². The summed E-state index contributed by atoms with van der Waals surface area (Å²) >= 11 is 0. The molecule has 1 unspecified atom stereocenters. The van der Waals surface area contributed by atoms with Crippen molar-refractivity contribution in [1.82, 2.24) is 4.57 Å². The Morgan fingerprint density at radius 3 is 1.70 bits per heavy atom. The molecule has 8 N–H and O–H groups in total. The molecule has 1 aromatic heterocycles. The number of aromatic nitrogens is 1. The SMILES string of the molecule is CCOC(=O)C[C@H](O)C[C@H](O)CCn1c(-c2ccc(F)cc2)c(-c2ccccc2)c(C(=O)Nc2ccccc2)c1C(C)C.[C-]#[N+]CC(O)CC#N.[C-]#[N+]C[C@@H](O)CC(=O)O.[C-]#[N+]C[C@H](O)CC(=O)O.